The quantitative estimate of drug-likeness (QED) is 0.844. The maximum absolute atomic E-state index is 12.0. The molecule has 0 aliphatic carbocycles. The van der Waals surface area contributed by atoms with E-state index in [0.29, 0.717) is 5.56 Å². The molecule has 2 rings (SSSR count). The molecule has 1 aromatic heterocycles. The Morgan fingerprint density at radius 2 is 1.86 bits per heavy atom. The van der Waals surface area contributed by atoms with Crippen LogP contribution in [0.25, 0.3) is 0 Å². The van der Waals surface area contributed by atoms with Crippen molar-refractivity contribution in [3.8, 4) is 0 Å². The minimum absolute atomic E-state index is 0.0284. The molecule has 108 valence electrons. The van der Waals surface area contributed by atoms with E-state index in [9.17, 15) is 19.5 Å². The van der Waals surface area contributed by atoms with Gasteiger partial charge in [-0.25, -0.2) is 9.48 Å². The summed E-state index contributed by atoms with van der Waals surface area (Å²) in [5, 5.41) is 15.4. The van der Waals surface area contributed by atoms with E-state index in [1.165, 1.54) is 19.2 Å². The van der Waals surface area contributed by atoms with Crippen LogP contribution in [0, 0.1) is 0 Å². The molecule has 1 atom stereocenters. The Kier molecular flexibility index (Phi) is 4.13. The first-order chi connectivity index (χ1) is 9.99. The van der Waals surface area contributed by atoms with Crippen LogP contribution < -0.4 is 10.9 Å². The van der Waals surface area contributed by atoms with E-state index in [0.717, 1.165) is 4.68 Å². The van der Waals surface area contributed by atoms with E-state index < -0.39 is 17.9 Å². The lowest BCUT2D eigenvalue weighted by Crippen LogP contribution is -2.35. The average molecular weight is 287 g/mol. The molecule has 0 unspecified atom stereocenters. The Labute approximate surface area is 119 Å². The minimum atomic E-state index is -1.18. The normalized spacial score (nSPS) is 11.7. The number of carbonyl (C=O) groups is 2. The van der Waals surface area contributed by atoms with Crippen molar-refractivity contribution in [3.05, 3.63) is 64.1 Å². The maximum Gasteiger partial charge on any atom is 0.330 e. The lowest BCUT2D eigenvalue weighted by Gasteiger charge is -2.14. The summed E-state index contributed by atoms with van der Waals surface area (Å²) >= 11 is 0. The summed E-state index contributed by atoms with van der Waals surface area (Å²) in [7, 11) is 1.41. The van der Waals surface area contributed by atoms with Crippen molar-refractivity contribution in [2.75, 3.05) is 0 Å². The number of aryl methyl sites for hydroxylation is 1. The predicted molar refractivity (Wildman–Crippen MR) is 73.8 cm³/mol. The summed E-state index contributed by atoms with van der Waals surface area (Å²) in [6.45, 7) is 0. The highest BCUT2D eigenvalue weighted by molar-refractivity contribution is 5.95. The molecule has 0 aliphatic heterocycles. The number of hydrogen-bond donors (Lipinski definition) is 2. The fraction of sp³-hybridized carbons (Fsp3) is 0.143. The van der Waals surface area contributed by atoms with E-state index in [4.69, 9.17) is 0 Å². The summed E-state index contributed by atoms with van der Waals surface area (Å²) in [5.74, 6) is -1.85. The number of nitrogens with zero attached hydrogens (tertiary/aromatic N) is 2. The van der Waals surface area contributed by atoms with Crippen LogP contribution in [-0.4, -0.2) is 26.8 Å². The van der Waals surface area contributed by atoms with Crippen LogP contribution in [0.3, 0.4) is 0 Å². The standard InChI is InChI=1S/C14H13N3O4/c1-17-11(18)8-7-10(16-17)13(19)15-12(14(20)21)9-5-3-2-4-6-9/h2-8,12H,1H3,(H,15,19)(H,20,21)/t12-/m0/s1. The minimum Gasteiger partial charge on any atom is -0.479 e. The molecule has 21 heavy (non-hydrogen) atoms. The van der Waals surface area contributed by atoms with E-state index in [1.807, 2.05) is 0 Å². The molecule has 0 bridgehead atoms. The molecule has 0 saturated heterocycles. The van der Waals surface area contributed by atoms with Crippen LogP contribution in [-0.2, 0) is 11.8 Å². The van der Waals surface area contributed by atoms with Gasteiger partial charge in [0.2, 0.25) is 0 Å². The number of carboxylic acids is 1. The van der Waals surface area contributed by atoms with Gasteiger partial charge in [-0.05, 0) is 11.6 Å². The largest absolute Gasteiger partial charge is 0.479 e. The van der Waals surface area contributed by atoms with Gasteiger partial charge >= 0.3 is 5.97 Å². The number of amides is 1. The summed E-state index contributed by atoms with van der Waals surface area (Å²) in [6, 6.07) is 9.59. The SMILES string of the molecule is Cn1nc(C(=O)N[C@H](C(=O)O)c2ccccc2)ccc1=O. The lowest BCUT2D eigenvalue weighted by atomic mass is 10.1. The Balaban J connectivity index is 2.25. The van der Waals surface area contributed by atoms with Gasteiger partial charge in [-0.2, -0.15) is 5.10 Å². The van der Waals surface area contributed by atoms with Crippen LogP contribution in [0.5, 0.6) is 0 Å². The molecule has 0 saturated carbocycles. The zero-order valence-corrected chi connectivity index (χ0v) is 11.2. The monoisotopic (exact) mass is 287 g/mol. The number of carbonyl (C=O) groups excluding carboxylic acids is 1. The fourth-order valence-electron chi connectivity index (χ4n) is 1.76. The number of nitrogens with one attached hydrogen (secondary N) is 1. The topological polar surface area (TPSA) is 101 Å². The van der Waals surface area contributed by atoms with Gasteiger partial charge in [0.1, 0.15) is 5.69 Å². The van der Waals surface area contributed by atoms with Gasteiger partial charge in [0.15, 0.2) is 6.04 Å². The van der Waals surface area contributed by atoms with Gasteiger partial charge in [-0.15, -0.1) is 0 Å². The third-order valence-electron chi connectivity index (χ3n) is 2.85. The zero-order valence-electron chi connectivity index (χ0n) is 11.2. The summed E-state index contributed by atoms with van der Waals surface area (Å²) in [4.78, 5) is 34.6. The molecule has 2 N–H and O–H groups in total. The van der Waals surface area contributed by atoms with Crippen molar-refractivity contribution >= 4 is 11.9 Å². The van der Waals surface area contributed by atoms with Crippen molar-refractivity contribution in [1.82, 2.24) is 15.1 Å². The first-order valence-corrected chi connectivity index (χ1v) is 6.12. The summed E-state index contributed by atoms with van der Waals surface area (Å²) < 4.78 is 1.01. The van der Waals surface area contributed by atoms with Crippen LogP contribution in [0.4, 0.5) is 0 Å². The first kappa shape index (κ1) is 14.4. The molecule has 1 heterocycles. The molecular formula is C14H13N3O4. The lowest BCUT2D eigenvalue weighted by molar-refractivity contribution is -0.139. The highest BCUT2D eigenvalue weighted by atomic mass is 16.4. The van der Waals surface area contributed by atoms with E-state index in [2.05, 4.69) is 10.4 Å². The fourth-order valence-corrected chi connectivity index (χ4v) is 1.76. The van der Waals surface area contributed by atoms with Crippen molar-refractivity contribution in [2.24, 2.45) is 7.05 Å². The van der Waals surface area contributed by atoms with E-state index in [-0.39, 0.29) is 11.3 Å². The number of benzene rings is 1. The molecule has 2 aromatic rings. The number of rotatable bonds is 4. The number of carboxylic acid groups (broad SMARTS) is 1. The molecular weight excluding hydrogens is 274 g/mol. The van der Waals surface area contributed by atoms with Crippen LogP contribution >= 0.6 is 0 Å². The molecule has 0 fully saturated rings. The van der Waals surface area contributed by atoms with Crippen molar-refractivity contribution in [1.29, 1.82) is 0 Å². The highest BCUT2D eigenvalue weighted by Gasteiger charge is 2.23. The van der Waals surface area contributed by atoms with Crippen molar-refractivity contribution in [2.45, 2.75) is 6.04 Å². The van der Waals surface area contributed by atoms with Gasteiger partial charge in [-0.3, -0.25) is 9.59 Å². The Bertz CT molecular complexity index is 724. The van der Waals surface area contributed by atoms with Gasteiger partial charge in [0, 0.05) is 13.1 Å². The number of aliphatic carboxylic acids is 1. The second kappa shape index (κ2) is 6.00. The third kappa shape index (κ3) is 3.33. The van der Waals surface area contributed by atoms with Gasteiger partial charge in [-0.1, -0.05) is 30.3 Å². The Morgan fingerprint density at radius 1 is 1.19 bits per heavy atom. The van der Waals surface area contributed by atoms with Gasteiger partial charge < -0.3 is 10.4 Å². The van der Waals surface area contributed by atoms with Crippen molar-refractivity contribution in [3.63, 3.8) is 0 Å². The van der Waals surface area contributed by atoms with Crippen molar-refractivity contribution < 1.29 is 14.7 Å². The third-order valence-corrected chi connectivity index (χ3v) is 2.85. The molecule has 0 aliphatic rings. The Morgan fingerprint density at radius 3 is 2.43 bits per heavy atom. The molecule has 7 nitrogen and oxygen atoms in total. The second-order valence-electron chi connectivity index (χ2n) is 4.34. The van der Waals surface area contributed by atoms with E-state index >= 15 is 0 Å². The molecule has 0 radical (unpaired) electrons. The summed E-state index contributed by atoms with van der Waals surface area (Å²) in [5.41, 5.74) is 0.0619. The van der Waals surface area contributed by atoms with Crippen LogP contribution in [0.15, 0.2) is 47.3 Å². The summed E-state index contributed by atoms with van der Waals surface area (Å²) in [6.07, 6.45) is 0. The first-order valence-electron chi connectivity index (χ1n) is 6.12. The van der Waals surface area contributed by atoms with E-state index in [1.54, 1.807) is 30.3 Å². The average Bonchev–Trinajstić information content (AvgIpc) is 2.48. The number of aromatic nitrogens is 2. The van der Waals surface area contributed by atoms with Gasteiger partial charge in [0.05, 0.1) is 0 Å². The molecule has 7 heteroatoms. The smallest absolute Gasteiger partial charge is 0.330 e. The number of hydrogen-bond acceptors (Lipinski definition) is 4. The van der Waals surface area contributed by atoms with Crippen LogP contribution in [0.2, 0.25) is 0 Å². The predicted octanol–water partition coefficient (Wildman–Crippen LogP) is 0.336. The van der Waals surface area contributed by atoms with Gasteiger partial charge in [0.25, 0.3) is 11.5 Å². The van der Waals surface area contributed by atoms with Crippen LogP contribution in [0.1, 0.15) is 22.1 Å². The Hall–Kier alpha value is -2.96. The second-order valence-corrected chi connectivity index (χ2v) is 4.34. The molecule has 1 aromatic carbocycles. The zero-order chi connectivity index (χ0) is 15.4. The molecule has 1 amide bonds. The maximum atomic E-state index is 12.0. The molecule has 0 spiro atoms. The highest BCUT2D eigenvalue weighted by Crippen LogP contribution is 2.13.